The van der Waals surface area contributed by atoms with Gasteiger partial charge in [-0.3, -0.25) is 0 Å². The van der Waals surface area contributed by atoms with E-state index in [1.54, 1.807) is 0 Å². The van der Waals surface area contributed by atoms with Gasteiger partial charge in [0, 0.05) is 31.3 Å². The van der Waals surface area contributed by atoms with Crippen molar-refractivity contribution in [3.8, 4) is 0 Å². The zero-order chi connectivity index (χ0) is 11.9. The first kappa shape index (κ1) is 11.7. The lowest BCUT2D eigenvalue weighted by Gasteiger charge is -2.48. The van der Waals surface area contributed by atoms with Crippen LogP contribution in [0.3, 0.4) is 0 Å². The van der Waals surface area contributed by atoms with Gasteiger partial charge in [-0.1, -0.05) is 11.6 Å². The fourth-order valence-corrected chi connectivity index (χ4v) is 3.45. The predicted molar refractivity (Wildman–Crippen MR) is 63.6 cm³/mol. The average molecular weight is 239 g/mol. The molecule has 2 heterocycles. The van der Waals surface area contributed by atoms with Gasteiger partial charge in [0.15, 0.2) is 5.79 Å². The molecule has 0 aromatic heterocycles. The van der Waals surface area contributed by atoms with Crippen LogP contribution in [0, 0.1) is 5.41 Å². The highest BCUT2D eigenvalue weighted by Gasteiger charge is 2.50. The lowest BCUT2D eigenvalue weighted by atomic mass is 9.67. The highest BCUT2D eigenvalue weighted by molar-refractivity contribution is 5.24. The predicted octanol–water partition coefficient (Wildman–Crippen LogP) is 0.764. The Morgan fingerprint density at radius 3 is 2.82 bits per heavy atom. The van der Waals surface area contributed by atoms with Gasteiger partial charge >= 0.3 is 0 Å². The standard InChI is InChI=1S/C13H21NO3/c1-14-5-2-11-8-13(16-6-7-17-13)4-3-12(11,9-14)10-15/h2,15H,3-10H2,1H3. The summed E-state index contributed by atoms with van der Waals surface area (Å²) >= 11 is 0. The van der Waals surface area contributed by atoms with Gasteiger partial charge in [0.25, 0.3) is 0 Å². The first-order chi connectivity index (χ1) is 8.18. The van der Waals surface area contributed by atoms with E-state index in [1.165, 1.54) is 5.57 Å². The number of aliphatic hydroxyl groups is 1. The molecule has 2 fully saturated rings. The molecule has 96 valence electrons. The number of hydrogen-bond donors (Lipinski definition) is 1. The average Bonchev–Trinajstić information content (AvgIpc) is 2.78. The van der Waals surface area contributed by atoms with Crippen molar-refractivity contribution < 1.29 is 14.6 Å². The molecule has 0 radical (unpaired) electrons. The molecule has 2 aliphatic heterocycles. The van der Waals surface area contributed by atoms with Crippen LogP contribution in [-0.2, 0) is 9.47 Å². The van der Waals surface area contributed by atoms with Crippen LogP contribution in [0.5, 0.6) is 0 Å². The molecule has 0 aromatic carbocycles. The van der Waals surface area contributed by atoms with E-state index in [0.29, 0.717) is 13.2 Å². The summed E-state index contributed by atoms with van der Waals surface area (Å²) in [5, 5.41) is 9.78. The minimum atomic E-state index is -0.375. The third-order valence-corrected chi connectivity index (χ3v) is 4.46. The normalized spacial score (nSPS) is 36.9. The zero-order valence-electron chi connectivity index (χ0n) is 10.4. The molecule has 3 rings (SSSR count). The molecular weight excluding hydrogens is 218 g/mol. The van der Waals surface area contributed by atoms with Crippen molar-refractivity contribution in [1.82, 2.24) is 4.90 Å². The van der Waals surface area contributed by atoms with E-state index in [9.17, 15) is 5.11 Å². The van der Waals surface area contributed by atoms with Gasteiger partial charge in [0.1, 0.15) is 0 Å². The van der Waals surface area contributed by atoms with E-state index in [2.05, 4.69) is 18.0 Å². The molecule has 1 saturated heterocycles. The van der Waals surface area contributed by atoms with E-state index in [-0.39, 0.29) is 17.8 Å². The fourth-order valence-electron chi connectivity index (χ4n) is 3.45. The van der Waals surface area contributed by atoms with Crippen LogP contribution < -0.4 is 0 Å². The quantitative estimate of drug-likeness (QED) is 0.686. The molecule has 1 saturated carbocycles. The third-order valence-electron chi connectivity index (χ3n) is 4.46. The van der Waals surface area contributed by atoms with Gasteiger partial charge in [-0.2, -0.15) is 0 Å². The van der Waals surface area contributed by atoms with Crippen molar-refractivity contribution in [2.24, 2.45) is 5.41 Å². The smallest absolute Gasteiger partial charge is 0.172 e. The molecule has 1 N–H and O–H groups in total. The topological polar surface area (TPSA) is 41.9 Å². The van der Waals surface area contributed by atoms with Gasteiger partial charge in [-0.15, -0.1) is 0 Å². The fraction of sp³-hybridized carbons (Fsp3) is 0.846. The number of hydrogen-bond acceptors (Lipinski definition) is 4. The van der Waals surface area contributed by atoms with Crippen LogP contribution in [-0.4, -0.2) is 55.8 Å². The number of fused-ring (bicyclic) bond motifs is 1. The summed E-state index contributed by atoms with van der Waals surface area (Å²) < 4.78 is 11.6. The molecule has 0 bridgehead atoms. The Kier molecular flexibility index (Phi) is 2.78. The zero-order valence-corrected chi connectivity index (χ0v) is 10.4. The summed E-state index contributed by atoms with van der Waals surface area (Å²) in [6.07, 6.45) is 4.95. The Labute approximate surface area is 102 Å². The SMILES string of the molecule is CN1CC=C2CC3(CCC2(CO)C1)OCCO3. The Morgan fingerprint density at radius 2 is 2.12 bits per heavy atom. The van der Waals surface area contributed by atoms with Gasteiger partial charge < -0.3 is 19.5 Å². The molecule has 1 atom stereocenters. The maximum Gasteiger partial charge on any atom is 0.172 e. The van der Waals surface area contributed by atoms with Crippen molar-refractivity contribution in [1.29, 1.82) is 0 Å². The maximum atomic E-state index is 9.78. The van der Waals surface area contributed by atoms with Crippen molar-refractivity contribution in [2.75, 3.05) is 40.0 Å². The highest BCUT2D eigenvalue weighted by Crippen LogP contribution is 2.49. The lowest BCUT2D eigenvalue weighted by molar-refractivity contribution is -0.181. The monoisotopic (exact) mass is 239 g/mol. The van der Waals surface area contributed by atoms with Crippen molar-refractivity contribution in [3.63, 3.8) is 0 Å². The second-order valence-electron chi connectivity index (χ2n) is 5.65. The Balaban J connectivity index is 1.86. The van der Waals surface area contributed by atoms with E-state index >= 15 is 0 Å². The molecule has 1 spiro atoms. The third kappa shape index (κ3) is 1.83. The van der Waals surface area contributed by atoms with Gasteiger partial charge in [0.05, 0.1) is 19.8 Å². The molecular formula is C13H21NO3. The molecule has 0 aromatic rings. The van der Waals surface area contributed by atoms with Gasteiger partial charge in [0.2, 0.25) is 0 Å². The highest BCUT2D eigenvalue weighted by atomic mass is 16.7. The number of ether oxygens (including phenoxy) is 2. The second kappa shape index (κ2) is 4.05. The van der Waals surface area contributed by atoms with Crippen LogP contribution >= 0.6 is 0 Å². The summed E-state index contributed by atoms with van der Waals surface area (Å²) in [5.74, 6) is -0.375. The number of nitrogens with zero attached hydrogens (tertiary/aromatic N) is 1. The Bertz CT molecular complexity index is 336. The molecule has 4 nitrogen and oxygen atoms in total. The first-order valence-electron chi connectivity index (χ1n) is 6.45. The molecule has 1 unspecified atom stereocenters. The maximum absolute atomic E-state index is 9.78. The largest absolute Gasteiger partial charge is 0.395 e. The summed E-state index contributed by atoms with van der Waals surface area (Å²) in [4.78, 5) is 2.27. The minimum Gasteiger partial charge on any atom is -0.395 e. The van der Waals surface area contributed by atoms with Crippen molar-refractivity contribution >= 4 is 0 Å². The summed E-state index contributed by atoms with van der Waals surface area (Å²) in [6.45, 7) is 3.57. The summed E-state index contributed by atoms with van der Waals surface area (Å²) in [5.41, 5.74) is 1.29. The number of likely N-dealkylation sites (N-methyl/N-ethyl adjacent to an activating group) is 1. The van der Waals surface area contributed by atoms with Gasteiger partial charge in [-0.05, 0) is 13.5 Å². The van der Waals surface area contributed by atoms with E-state index in [0.717, 1.165) is 32.4 Å². The molecule has 3 aliphatic rings. The molecule has 4 heteroatoms. The molecule has 17 heavy (non-hydrogen) atoms. The minimum absolute atomic E-state index is 0.0481. The summed E-state index contributed by atoms with van der Waals surface area (Å²) in [7, 11) is 2.11. The lowest BCUT2D eigenvalue weighted by Crippen LogP contribution is -2.50. The second-order valence-corrected chi connectivity index (χ2v) is 5.65. The van der Waals surface area contributed by atoms with Crippen LogP contribution in [0.25, 0.3) is 0 Å². The first-order valence-corrected chi connectivity index (χ1v) is 6.45. The Hall–Kier alpha value is -0.420. The van der Waals surface area contributed by atoms with Crippen molar-refractivity contribution in [3.05, 3.63) is 11.6 Å². The van der Waals surface area contributed by atoms with Gasteiger partial charge in [-0.25, -0.2) is 0 Å². The van der Waals surface area contributed by atoms with Crippen molar-refractivity contribution in [2.45, 2.75) is 25.0 Å². The summed E-state index contributed by atoms with van der Waals surface area (Å²) in [6, 6.07) is 0. The van der Waals surface area contributed by atoms with E-state index in [1.807, 2.05) is 0 Å². The van der Waals surface area contributed by atoms with Crippen LogP contribution in [0.15, 0.2) is 11.6 Å². The molecule has 0 amide bonds. The Morgan fingerprint density at radius 1 is 1.35 bits per heavy atom. The van der Waals surface area contributed by atoms with Crippen LogP contribution in [0.4, 0.5) is 0 Å². The number of aliphatic hydroxyl groups excluding tert-OH is 1. The van der Waals surface area contributed by atoms with E-state index in [4.69, 9.17) is 9.47 Å². The molecule has 1 aliphatic carbocycles. The van der Waals surface area contributed by atoms with Crippen LogP contribution in [0.1, 0.15) is 19.3 Å². The van der Waals surface area contributed by atoms with E-state index < -0.39 is 0 Å². The number of rotatable bonds is 1. The van der Waals surface area contributed by atoms with Crippen LogP contribution in [0.2, 0.25) is 0 Å².